The summed E-state index contributed by atoms with van der Waals surface area (Å²) in [5.74, 6) is 0.906. The molecule has 0 N–H and O–H groups in total. The SMILES string of the molecule is C1=CN2C=Cc3c4ccccc4n4ccc(c2c34)O1. The van der Waals surface area contributed by atoms with Gasteiger partial charge in [0.2, 0.25) is 0 Å². The molecule has 1 aromatic carbocycles. The number of benzene rings is 1. The summed E-state index contributed by atoms with van der Waals surface area (Å²) in [6, 6.07) is 10.5. The molecular formula is C16H10N2O. The van der Waals surface area contributed by atoms with Crippen LogP contribution >= 0.6 is 0 Å². The molecule has 2 aliphatic heterocycles. The highest BCUT2D eigenvalue weighted by Gasteiger charge is 2.24. The highest BCUT2D eigenvalue weighted by atomic mass is 16.5. The molecule has 2 aliphatic rings. The van der Waals surface area contributed by atoms with Crippen LogP contribution in [0, 0.1) is 0 Å². The summed E-state index contributed by atoms with van der Waals surface area (Å²) < 4.78 is 7.86. The van der Waals surface area contributed by atoms with Crippen LogP contribution < -0.4 is 9.64 Å². The minimum Gasteiger partial charge on any atom is -0.461 e. The molecular weight excluding hydrogens is 236 g/mol. The number of nitrogens with zero attached hydrogens (tertiary/aromatic N) is 2. The molecule has 0 fully saturated rings. The summed E-state index contributed by atoms with van der Waals surface area (Å²) in [5.41, 5.74) is 4.84. The lowest BCUT2D eigenvalue weighted by Gasteiger charge is -2.26. The summed E-state index contributed by atoms with van der Waals surface area (Å²) in [4.78, 5) is 2.11. The second-order valence-corrected chi connectivity index (χ2v) is 4.80. The van der Waals surface area contributed by atoms with E-state index in [4.69, 9.17) is 4.74 Å². The van der Waals surface area contributed by atoms with Crippen molar-refractivity contribution >= 4 is 28.2 Å². The van der Waals surface area contributed by atoms with Gasteiger partial charge in [-0.25, -0.2) is 0 Å². The molecule has 0 radical (unpaired) electrons. The average Bonchev–Trinajstić information content (AvgIpc) is 2.81. The fraction of sp³-hybridized carbons (Fsp3) is 0. The second kappa shape index (κ2) is 3.01. The van der Waals surface area contributed by atoms with Crippen molar-refractivity contribution < 1.29 is 4.74 Å². The molecule has 4 heterocycles. The zero-order valence-corrected chi connectivity index (χ0v) is 10.1. The van der Waals surface area contributed by atoms with Crippen molar-refractivity contribution in [3.63, 3.8) is 0 Å². The van der Waals surface area contributed by atoms with Crippen molar-refractivity contribution in [2.45, 2.75) is 0 Å². The molecule has 0 atom stereocenters. The van der Waals surface area contributed by atoms with Gasteiger partial charge in [0.1, 0.15) is 11.9 Å². The van der Waals surface area contributed by atoms with Gasteiger partial charge in [-0.15, -0.1) is 0 Å². The molecule has 0 saturated heterocycles. The van der Waals surface area contributed by atoms with E-state index in [2.05, 4.69) is 52.0 Å². The molecule has 5 rings (SSSR count). The molecule has 0 unspecified atom stereocenters. The zero-order chi connectivity index (χ0) is 12.4. The van der Waals surface area contributed by atoms with Gasteiger partial charge in [0.15, 0.2) is 5.75 Å². The van der Waals surface area contributed by atoms with Crippen LogP contribution in [0.3, 0.4) is 0 Å². The van der Waals surface area contributed by atoms with Gasteiger partial charge < -0.3 is 14.0 Å². The third-order valence-electron chi connectivity index (χ3n) is 3.86. The Morgan fingerprint density at radius 3 is 2.95 bits per heavy atom. The van der Waals surface area contributed by atoms with Crippen LogP contribution in [0.1, 0.15) is 5.56 Å². The Labute approximate surface area is 109 Å². The molecule has 3 aromatic rings. The largest absolute Gasteiger partial charge is 0.461 e. The third kappa shape index (κ3) is 0.993. The van der Waals surface area contributed by atoms with E-state index in [1.807, 2.05) is 12.3 Å². The number of aromatic nitrogens is 1. The first-order valence-electron chi connectivity index (χ1n) is 6.29. The van der Waals surface area contributed by atoms with Gasteiger partial charge in [0.05, 0.1) is 11.0 Å². The average molecular weight is 246 g/mol. The molecule has 0 saturated carbocycles. The molecule has 90 valence electrons. The number of para-hydroxylation sites is 1. The summed E-state index contributed by atoms with van der Waals surface area (Å²) in [5, 5.41) is 1.28. The smallest absolute Gasteiger partial charge is 0.154 e. The lowest BCUT2D eigenvalue weighted by atomic mass is 10.1. The number of rotatable bonds is 0. The maximum atomic E-state index is 5.62. The quantitative estimate of drug-likeness (QED) is 0.601. The fourth-order valence-corrected chi connectivity index (χ4v) is 3.06. The number of hydrogen-bond donors (Lipinski definition) is 0. The number of hydrogen-bond acceptors (Lipinski definition) is 2. The second-order valence-electron chi connectivity index (χ2n) is 4.80. The van der Waals surface area contributed by atoms with E-state index in [1.165, 1.54) is 22.0 Å². The maximum absolute atomic E-state index is 5.62. The Balaban J connectivity index is 2.10. The molecule has 0 bridgehead atoms. The van der Waals surface area contributed by atoms with Gasteiger partial charge in [0, 0.05) is 29.5 Å². The van der Waals surface area contributed by atoms with Crippen molar-refractivity contribution in [2.75, 3.05) is 4.90 Å². The van der Waals surface area contributed by atoms with Crippen molar-refractivity contribution in [2.24, 2.45) is 0 Å². The summed E-state index contributed by atoms with van der Waals surface area (Å²) in [6.45, 7) is 0. The first-order chi connectivity index (χ1) is 9.43. The molecule has 0 spiro atoms. The number of pyridine rings is 1. The number of fused-ring (bicyclic) bond motifs is 3. The van der Waals surface area contributed by atoms with Gasteiger partial charge >= 0.3 is 0 Å². The Morgan fingerprint density at radius 1 is 1.00 bits per heavy atom. The van der Waals surface area contributed by atoms with Crippen LogP contribution in [0.4, 0.5) is 5.69 Å². The Kier molecular flexibility index (Phi) is 1.47. The van der Waals surface area contributed by atoms with Crippen LogP contribution in [0.2, 0.25) is 0 Å². The molecule has 0 amide bonds. The molecule has 0 aliphatic carbocycles. The highest BCUT2D eigenvalue weighted by molar-refractivity contribution is 6.06. The Morgan fingerprint density at radius 2 is 1.95 bits per heavy atom. The molecule has 3 heteroatoms. The molecule has 19 heavy (non-hydrogen) atoms. The van der Waals surface area contributed by atoms with E-state index in [0.29, 0.717) is 0 Å². The summed E-state index contributed by atoms with van der Waals surface area (Å²) >= 11 is 0. The van der Waals surface area contributed by atoms with Gasteiger partial charge in [0.25, 0.3) is 0 Å². The fourth-order valence-electron chi connectivity index (χ4n) is 3.06. The van der Waals surface area contributed by atoms with Gasteiger partial charge in [-0.3, -0.25) is 0 Å². The Bertz CT molecular complexity index is 902. The van der Waals surface area contributed by atoms with E-state index in [0.717, 1.165) is 11.4 Å². The van der Waals surface area contributed by atoms with E-state index < -0.39 is 0 Å². The summed E-state index contributed by atoms with van der Waals surface area (Å²) in [6.07, 6.45) is 10.0. The third-order valence-corrected chi connectivity index (χ3v) is 3.86. The van der Waals surface area contributed by atoms with Crippen LogP contribution in [0.15, 0.2) is 55.2 Å². The molecule has 2 aromatic heterocycles. The lowest BCUT2D eigenvalue weighted by Crippen LogP contribution is -2.15. The standard InChI is InChI=1S/C16H10N2O/c1-2-4-13-11(3-1)12-5-7-17-9-10-19-14-6-8-18(13)15(12)16(14)17/h1-10H. The lowest BCUT2D eigenvalue weighted by molar-refractivity contribution is 0.472. The number of anilines is 1. The van der Waals surface area contributed by atoms with Crippen LogP contribution in [0.25, 0.3) is 22.5 Å². The maximum Gasteiger partial charge on any atom is 0.154 e. The predicted molar refractivity (Wildman–Crippen MR) is 76.2 cm³/mol. The number of ether oxygens (including phenoxy) is 1. The minimum atomic E-state index is 0.906. The summed E-state index contributed by atoms with van der Waals surface area (Å²) in [7, 11) is 0. The van der Waals surface area contributed by atoms with Crippen molar-refractivity contribution in [1.82, 2.24) is 4.40 Å². The van der Waals surface area contributed by atoms with Gasteiger partial charge in [-0.1, -0.05) is 18.2 Å². The van der Waals surface area contributed by atoms with Crippen LogP contribution in [0.5, 0.6) is 5.75 Å². The zero-order valence-electron chi connectivity index (χ0n) is 10.1. The first kappa shape index (κ1) is 9.28. The normalized spacial score (nSPS) is 15.3. The van der Waals surface area contributed by atoms with Crippen LogP contribution in [-0.2, 0) is 0 Å². The van der Waals surface area contributed by atoms with Gasteiger partial charge in [-0.05, 0) is 18.2 Å². The van der Waals surface area contributed by atoms with E-state index in [9.17, 15) is 0 Å². The Hall–Kier alpha value is -2.68. The predicted octanol–water partition coefficient (Wildman–Crippen LogP) is 3.75. The van der Waals surface area contributed by atoms with Crippen molar-refractivity contribution in [3.05, 3.63) is 60.8 Å². The van der Waals surface area contributed by atoms with E-state index in [-0.39, 0.29) is 0 Å². The first-order valence-corrected chi connectivity index (χ1v) is 6.29. The van der Waals surface area contributed by atoms with E-state index in [1.54, 1.807) is 6.26 Å². The van der Waals surface area contributed by atoms with E-state index >= 15 is 0 Å². The molecule has 3 nitrogen and oxygen atoms in total. The highest BCUT2D eigenvalue weighted by Crippen LogP contribution is 2.44. The monoisotopic (exact) mass is 246 g/mol. The van der Waals surface area contributed by atoms with Crippen molar-refractivity contribution in [3.8, 4) is 5.75 Å². The van der Waals surface area contributed by atoms with Crippen molar-refractivity contribution in [1.29, 1.82) is 0 Å². The van der Waals surface area contributed by atoms with Crippen LogP contribution in [-0.4, -0.2) is 4.40 Å². The van der Waals surface area contributed by atoms with Gasteiger partial charge in [-0.2, -0.15) is 0 Å². The minimum absolute atomic E-state index is 0.906. The topological polar surface area (TPSA) is 16.9 Å².